The first-order valence-electron chi connectivity index (χ1n) is 6.10. The molecule has 0 aromatic heterocycles. The molecule has 2 N–H and O–H groups in total. The molecular formula is C11H18F3NO6. The summed E-state index contributed by atoms with van der Waals surface area (Å²) in [5, 5.41) is 10.2. The van der Waals surface area contributed by atoms with Crippen molar-refractivity contribution >= 4 is 11.9 Å². The molecule has 0 saturated carbocycles. The van der Waals surface area contributed by atoms with Gasteiger partial charge in [0.15, 0.2) is 6.10 Å². The number of carboxylic acids is 1. The molecule has 1 amide bonds. The quantitative estimate of drug-likeness (QED) is 0.528. The van der Waals surface area contributed by atoms with Crippen LogP contribution in [0, 0.1) is 0 Å². The smallest absolute Gasteiger partial charge is 0.471 e. The van der Waals surface area contributed by atoms with Crippen LogP contribution in [-0.4, -0.2) is 68.8 Å². The fourth-order valence-corrected chi connectivity index (χ4v) is 1.01. The number of alkyl halides is 3. The molecule has 0 fully saturated rings. The van der Waals surface area contributed by atoms with E-state index in [1.54, 1.807) is 5.32 Å². The van der Waals surface area contributed by atoms with Gasteiger partial charge < -0.3 is 24.6 Å². The second-order valence-corrected chi connectivity index (χ2v) is 3.83. The summed E-state index contributed by atoms with van der Waals surface area (Å²) in [6.07, 6.45) is -5.81. The molecule has 0 saturated heterocycles. The van der Waals surface area contributed by atoms with Crippen molar-refractivity contribution in [3.8, 4) is 0 Å². The molecule has 1 atom stereocenters. The van der Waals surface area contributed by atoms with E-state index in [9.17, 15) is 22.8 Å². The first-order valence-corrected chi connectivity index (χ1v) is 6.10. The van der Waals surface area contributed by atoms with Crippen LogP contribution in [0.3, 0.4) is 0 Å². The van der Waals surface area contributed by atoms with Crippen LogP contribution in [0.1, 0.15) is 6.92 Å². The standard InChI is InChI=1S/C11H18F3NO6/c1-8(9(16)17)21-7-6-20-5-4-19-3-2-15-10(18)11(12,13)14/h8H,2-7H2,1H3,(H,15,18)(H,16,17). The number of hydrogen-bond donors (Lipinski definition) is 2. The Morgan fingerprint density at radius 2 is 1.62 bits per heavy atom. The zero-order chi connectivity index (χ0) is 16.3. The lowest BCUT2D eigenvalue weighted by Crippen LogP contribution is -2.38. The van der Waals surface area contributed by atoms with Crippen LogP contribution in [0.4, 0.5) is 13.2 Å². The number of halogens is 3. The van der Waals surface area contributed by atoms with E-state index in [1.165, 1.54) is 6.92 Å². The molecule has 0 aliphatic heterocycles. The summed E-state index contributed by atoms with van der Waals surface area (Å²) in [5.41, 5.74) is 0. The van der Waals surface area contributed by atoms with E-state index < -0.39 is 24.2 Å². The Balaban J connectivity index is 3.31. The first kappa shape index (κ1) is 19.6. The summed E-state index contributed by atoms with van der Waals surface area (Å²) >= 11 is 0. The van der Waals surface area contributed by atoms with Crippen molar-refractivity contribution in [2.75, 3.05) is 39.6 Å². The lowest BCUT2D eigenvalue weighted by Gasteiger charge is -2.10. The molecule has 7 nitrogen and oxygen atoms in total. The summed E-state index contributed by atoms with van der Waals surface area (Å²) in [6, 6.07) is 0. The average molecular weight is 317 g/mol. The summed E-state index contributed by atoms with van der Waals surface area (Å²) in [5.74, 6) is -3.08. The zero-order valence-corrected chi connectivity index (χ0v) is 11.4. The second-order valence-electron chi connectivity index (χ2n) is 3.83. The normalized spacial score (nSPS) is 13.0. The van der Waals surface area contributed by atoms with Crippen molar-refractivity contribution in [2.24, 2.45) is 0 Å². The molecule has 0 aliphatic rings. The molecule has 1 unspecified atom stereocenters. The lowest BCUT2D eigenvalue weighted by molar-refractivity contribution is -0.173. The highest BCUT2D eigenvalue weighted by molar-refractivity contribution is 5.81. The van der Waals surface area contributed by atoms with Crippen molar-refractivity contribution in [1.82, 2.24) is 5.32 Å². The Morgan fingerprint density at radius 3 is 2.14 bits per heavy atom. The van der Waals surface area contributed by atoms with Gasteiger partial charge in [-0.15, -0.1) is 0 Å². The predicted octanol–water partition coefficient (Wildman–Crippen LogP) is 0.188. The van der Waals surface area contributed by atoms with E-state index in [4.69, 9.17) is 19.3 Å². The SMILES string of the molecule is CC(OCCOCCOCCNC(=O)C(F)(F)F)C(=O)O. The number of carbonyl (C=O) groups is 2. The highest BCUT2D eigenvalue weighted by Crippen LogP contribution is 2.13. The highest BCUT2D eigenvalue weighted by Gasteiger charge is 2.38. The molecule has 0 radical (unpaired) electrons. The Labute approximate surface area is 119 Å². The summed E-state index contributed by atoms with van der Waals surface area (Å²) in [4.78, 5) is 20.8. The maximum absolute atomic E-state index is 11.8. The van der Waals surface area contributed by atoms with E-state index in [-0.39, 0.29) is 39.6 Å². The van der Waals surface area contributed by atoms with Crippen LogP contribution in [0.15, 0.2) is 0 Å². The lowest BCUT2D eigenvalue weighted by atomic mass is 10.4. The van der Waals surface area contributed by atoms with Crippen molar-refractivity contribution in [3.05, 3.63) is 0 Å². The molecule has 0 aromatic rings. The maximum Gasteiger partial charge on any atom is 0.471 e. The third-order valence-electron chi connectivity index (χ3n) is 2.10. The van der Waals surface area contributed by atoms with Gasteiger partial charge >= 0.3 is 18.1 Å². The van der Waals surface area contributed by atoms with Crippen LogP contribution in [-0.2, 0) is 23.8 Å². The number of hydrogen-bond acceptors (Lipinski definition) is 5. The number of aliphatic carboxylic acids is 1. The summed E-state index contributed by atoms with van der Waals surface area (Å²) in [6.45, 7) is 1.66. The van der Waals surface area contributed by atoms with E-state index in [2.05, 4.69) is 0 Å². The second kappa shape index (κ2) is 10.4. The molecule has 0 aliphatic carbocycles. The molecule has 10 heteroatoms. The van der Waals surface area contributed by atoms with Crippen molar-refractivity contribution in [1.29, 1.82) is 0 Å². The van der Waals surface area contributed by atoms with Crippen molar-refractivity contribution in [2.45, 2.75) is 19.2 Å². The van der Waals surface area contributed by atoms with Gasteiger partial charge in [-0.1, -0.05) is 0 Å². The minimum atomic E-state index is -4.89. The molecule has 21 heavy (non-hydrogen) atoms. The van der Waals surface area contributed by atoms with Gasteiger partial charge in [0.25, 0.3) is 0 Å². The van der Waals surface area contributed by atoms with E-state index >= 15 is 0 Å². The third kappa shape index (κ3) is 11.0. The molecule has 0 bridgehead atoms. The van der Waals surface area contributed by atoms with Crippen molar-refractivity contribution < 1.29 is 42.1 Å². The Hall–Kier alpha value is -1.39. The van der Waals surface area contributed by atoms with Crippen LogP contribution in [0.5, 0.6) is 0 Å². The summed E-state index contributed by atoms with van der Waals surface area (Å²) in [7, 11) is 0. The maximum atomic E-state index is 11.8. The Bertz CT molecular complexity index is 324. The van der Waals surface area contributed by atoms with Crippen LogP contribution >= 0.6 is 0 Å². The topological polar surface area (TPSA) is 94.1 Å². The van der Waals surface area contributed by atoms with E-state index in [1.807, 2.05) is 0 Å². The van der Waals surface area contributed by atoms with Gasteiger partial charge in [-0.25, -0.2) is 4.79 Å². The Morgan fingerprint density at radius 1 is 1.10 bits per heavy atom. The van der Waals surface area contributed by atoms with Gasteiger partial charge in [-0.05, 0) is 6.92 Å². The molecular weight excluding hydrogens is 299 g/mol. The minimum Gasteiger partial charge on any atom is -0.479 e. The number of carboxylic acid groups (broad SMARTS) is 1. The van der Waals surface area contributed by atoms with Crippen molar-refractivity contribution in [3.63, 3.8) is 0 Å². The summed E-state index contributed by atoms with van der Waals surface area (Å²) < 4.78 is 50.2. The highest BCUT2D eigenvalue weighted by atomic mass is 19.4. The number of ether oxygens (including phenoxy) is 3. The zero-order valence-electron chi connectivity index (χ0n) is 11.4. The van der Waals surface area contributed by atoms with Gasteiger partial charge in [0.1, 0.15) is 0 Å². The number of rotatable bonds is 11. The number of carbonyl (C=O) groups excluding carboxylic acids is 1. The molecule has 0 rings (SSSR count). The molecule has 0 heterocycles. The fraction of sp³-hybridized carbons (Fsp3) is 0.818. The van der Waals surface area contributed by atoms with Gasteiger partial charge in [0.05, 0.1) is 33.0 Å². The predicted molar refractivity (Wildman–Crippen MR) is 63.8 cm³/mol. The van der Waals surface area contributed by atoms with Gasteiger partial charge in [0.2, 0.25) is 0 Å². The van der Waals surface area contributed by atoms with E-state index in [0.29, 0.717) is 0 Å². The molecule has 124 valence electrons. The van der Waals surface area contributed by atoms with Gasteiger partial charge in [0, 0.05) is 6.54 Å². The van der Waals surface area contributed by atoms with Gasteiger partial charge in [-0.3, -0.25) is 4.79 Å². The number of amides is 1. The van der Waals surface area contributed by atoms with Crippen LogP contribution < -0.4 is 5.32 Å². The van der Waals surface area contributed by atoms with Gasteiger partial charge in [-0.2, -0.15) is 13.2 Å². The first-order chi connectivity index (χ1) is 9.75. The average Bonchev–Trinajstić information content (AvgIpc) is 2.38. The third-order valence-corrected chi connectivity index (χ3v) is 2.10. The molecule has 0 aromatic carbocycles. The number of nitrogens with one attached hydrogen (secondary N) is 1. The van der Waals surface area contributed by atoms with E-state index in [0.717, 1.165) is 0 Å². The minimum absolute atomic E-state index is 0.0717. The largest absolute Gasteiger partial charge is 0.479 e. The molecule has 0 spiro atoms. The fourth-order valence-electron chi connectivity index (χ4n) is 1.01. The Kier molecular flexibility index (Phi) is 9.67. The van der Waals surface area contributed by atoms with Crippen LogP contribution in [0.2, 0.25) is 0 Å². The monoisotopic (exact) mass is 317 g/mol. The van der Waals surface area contributed by atoms with Crippen LogP contribution in [0.25, 0.3) is 0 Å².